The van der Waals surface area contributed by atoms with Gasteiger partial charge < -0.3 is 4.57 Å². The molecule has 0 atom stereocenters. The van der Waals surface area contributed by atoms with E-state index in [0.29, 0.717) is 5.31 Å². The van der Waals surface area contributed by atoms with Gasteiger partial charge in [-0.25, -0.2) is 0 Å². The Balaban J connectivity index is 2.31. The predicted molar refractivity (Wildman–Crippen MR) is 105 cm³/mol. The normalized spacial score (nSPS) is 11.2. The van der Waals surface area contributed by atoms with Crippen molar-refractivity contribution in [2.24, 2.45) is 0 Å². The zero-order valence-corrected chi connectivity index (χ0v) is 15.0. The minimum absolute atomic E-state index is 0.687. The number of benzene rings is 3. The molecule has 0 N–H and O–H groups in total. The standard InChI is InChI=1S/C22H21OP/c1-17-11-7-9-15-21(17)24(23,22-16-10-8-12-18(22)2)19(3)20-13-5-4-6-14-20/h4-16H,3H2,1-2H3. The first-order valence-electron chi connectivity index (χ1n) is 8.02. The SMILES string of the molecule is C=C(c1ccccc1)P(=O)(c1ccccc1C)c1ccccc1C. The summed E-state index contributed by atoms with van der Waals surface area (Å²) < 4.78 is 14.5. The molecule has 3 aromatic carbocycles. The van der Waals surface area contributed by atoms with Gasteiger partial charge in [-0.05, 0) is 30.5 Å². The second-order valence-electron chi connectivity index (χ2n) is 5.99. The third-order valence-corrected chi connectivity index (χ3v) is 7.78. The van der Waals surface area contributed by atoms with Crippen LogP contribution in [0.1, 0.15) is 16.7 Å². The summed E-state index contributed by atoms with van der Waals surface area (Å²) in [6, 6.07) is 25.7. The van der Waals surface area contributed by atoms with Crippen LogP contribution in [0.15, 0.2) is 85.4 Å². The summed E-state index contributed by atoms with van der Waals surface area (Å²) in [6.07, 6.45) is 0. The van der Waals surface area contributed by atoms with Crippen LogP contribution in [0.4, 0.5) is 0 Å². The Labute approximate surface area is 144 Å². The molecule has 0 aliphatic carbocycles. The summed E-state index contributed by atoms with van der Waals surface area (Å²) in [5.74, 6) is 0. The van der Waals surface area contributed by atoms with Gasteiger partial charge in [0.05, 0.1) is 0 Å². The minimum Gasteiger partial charge on any atom is -0.309 e. The van der Waals surface area contributed by atoms with Gasteiger partial charge in [0, 0.05) is 15.9 Å². The lowest BCUT2D eigenvalue weighted by Crippen LogP contribution is -2.21. The molecule has 1 nitrogen and oxygen atoms in total. The van der Waals surface area contributed by atoms with Gasteiger partial charge in [0.15, 0.2) is 7.14 Å². The van der Waals surface area contributed by atoms with Crippen molar-refractivity contribution in [1.82, 2.24) is 0 Å². The largest absolute Gasteiger partial charge is 0.309 e. The summed E-state index contributed by atoms with van der Waals surface area (Å²) in [5.41, 5.74) is 2.98. The zero-order valence-electron chi connectivity index (χ0n) is 14.1. The first-order chi connectivity index (χ1) is 11.5. The Kier molecular flexibility index (Phi) is 4.55. The van der Waals surface area contributed by atoms with Crippen LogP contribution in [0.2, 0.25) is 0 Å². The zero-order chi connectivity index (χ0) is 17.2. The highest BCUT2D eigenvalue weighted by atomic mass is 31.2. The lowest BCUT2D eigenvalue weighted by molar-refractivity contribution is 0.592. The molecular weight excluding hydrogens is 311 g/mol. The number of aryl methyl sites for hydroxylation is 2. The molecule has 0 radical (unpaired) electrons. The van der Waals surface area contributed by atoms with Crippen molar-refractivity contribution in [3.63, 3.8) is 0 Å². The topological polar surface area (TPSA) is 17.1 Å². The van der Waals surface area contributed by atoms with Gasteiger partial charge in [-0.3, -0.25) is 0 Å². The molecule has 0 bridgehead atoms. The molecule has 0 aliphatic rings. The summed E-state index contributed by atoms with van der Waals surface area (Å²) >= 11 is 0. The highest BCUT2D eigenvalue weighted by Gasteiger charge is 2.33. The van der Waals surface area contributed by atoms with Gasteiger partial charge >= 0.3 is 0 Å². The molecule has 0 aromatic heterocycles. The fourth-order valence-electron chi connectivity index (χ4n) is 3.07. The maximum absolute atomic E-state index is 14.5. The average molecular weight is 332 g/mol. The summed E-state index contributed by atoms with van der Waals surface area (Å²) in [5, 5.41) is 2.42. The molecule has 0 heterocycles. The van der Waals surface area contributed by atoms with E-state index in [4.69, 9.17) is 0 Å². The molecule has 0 unspecified atom stereocenters. The van der Waals surface area contributed by atoms with Crippen LogP contribution in [0, 0.1) is 13.8 Å². The van der Waals surface area contributed by atoms with Gasteiger partial charge in [0.25, 0.3) is 0 Å². The molecule has 0 saturated heterocycles. The third-order valence-electron chi connectivity index (χ3n) is 4.40. The molecule has 0 amide bonds. The van der Waals surface area contributed by atoms with E-state index < -0.39 is 7.14 Å². The third kappa shape index (κ3) is 2.77. The Hall–Kier alpha value is -2.37. The maximum Gasteiger partial charge on any atom is 0.171 e. The predicted octanol–water partition coefficient (Wildman–Crippen LogP) is 5.29. The Morgan fingerprint density at radius 3 is 1.58 bits per heavy atom. The fourth-order valence-corrected chi connectivity index (χ4v) is 6.15. The molecule has 120 valence electrons. The van der Waals surface area contributed by atoms with Crippen LogP contribution in [-0.2, 0) is 4.57 Å². The fraction of sp³-hybridized carbons (Fsp3) is 0.0909. The van der Waals surface area contributed by atoms with Gasteiger partial charge in [0.1, 0.15) is 0 Å². The van der Waals surface area contributed by atoms with Crippen molar-refractivity contribution in [3.05, 3.63) is 102 Å². The minimum atomic E-state index is -3.01. The molecule has 2 heteroatoms. The van der Waals surface area contributed by atoms with Crippen LogP contribution in [0.5, 0.6) is 0 Å². The first kappa shape index (κ1) is 16.5. The maximum atomic E-state index is 14.5. The van der Waals surface area contributed by atoms with Crippen LogP contribution < -0.4 is 10.6 Å². The van der Waals surface area contributed by atoms with Crippen LogP contribution in [0.25, 0.3) is 5.31 Å². The molecule has 24 heavy (non-hydrogen) atoms. The van der Waals surface area contributed by atoms with Gasteiger partial charge in [-0.1, -0.05) is 85.4 Å². The average Bonchev–Trinajstić information content (AvgIpc) is 2.62. The van der Waals surface area contributed by atoms with Gasteiger partial charge in [-0.15, -0.1) is 0 Å². The monoisotopic (exact) mass is 332 g/mol. The van der Waals surface area contributed by atoms with Crippen molar-refractivity contribution >= 4 is 23.1 Å². The molecular formula is C22H21OP. The molecule has 0 saturated carbocycles. The van der Waals surface area contributed by atoms with E-state index in [0.717, 1.165) is 27.3 Å². The summed E-state index contributed by atoms with van der Waals surface area (Å²) in [7, 11) is -3.01. The van der Waals surface area contributed by atoms with Gasteiger partial charge in [0.2, 0.25) is 0 Å². The Morgan fingerprint density at radius 2 is 1.12 bits per heavy atom. The summed E-state index contributed by atoms with van der Waals surface area (Å²) in [6.45, 7) is 8.29. The lowest BCUT2D eigenvalue weighted by Gasteiger charge is -2.25. The first-order valence-corrected chi connectivity index (χ1v) is 9.73. The quantitative estimate of drug-likeness (QED) is 0.593. The van der Waals surface area contributed by atoms with E-state index >= 15 is 0 Å². The van der Waals surface area contributed by atoms with E-state index in [-0.39, 0.29) is 0 Å². The highest BCUT2D eigenvalue weighted by molar-refractivity contribution is 7.87. The number of hydrogen-bond acceptors (Lipinski definition) is 1. The lowest BCUT2D eigenvalue weighted by atomic mass is 10.2. The van der Waals surface area contributed by atoms with E-state index in [2.05, 4.69) is 6.58 Å². The van der Waals surface area contributed by atoms with Crippen molar-refractivity contribution in [2.45, 2.75) is 13.8 Å². The van der Waals surface area contributed by atoms with Crippen molar-refractivity contribution in [1.29, 1.82) is 0 Å². The second kappa shape index (κ2) is 6.63. The molecule has 0 fully saturated rings. The van der Waals surface area contributed by atoms with E-state index in [1.54, 1.807) is 0 Å². The van der Waals surface area contributed by atoms with Crippen molar-refractivity contribution in [3.8, 4) is 0 Å². The van der Waals surface area contributed by atoms with Crippen LogP contribution in [-0.4, -0.2) is 0 Å². The second-order valence-corrected chi connectivity index (χ2v) is 8.72. The molecule has 0 aliphatic heterocycles. The Morgan fingerprint density at radius 1 is 0.708 bits per heavy atom. The van der Waals surface area contributed by atoms with Crippen molar-refractivity contribution in [2.75, 3.05) is 0 Å². The highest BCUT2D eigenvalue weighted by Crippen LogP contribution is 2.56. The van der Waals surface area contributed by atoms with Crippen LogP contribution >= 0.6 is 7.14 Å². The van der Waals surface area contributed by atoms with E-state index in [9.17, 15) is 4.57 Å². The molecule has 3 aromatic rings. The Bertz CT molecular complexity index is 876. The smallest absolute Gasteiger partial charge is 0.171 e. The number of rotatable bonds is 4. The molecule has 3 rings (SSSR count). The van der Waals surface area contributed by atoms with E-state index in [1.807, 2.05) is 92.7 Å². The van der Waals surface area contributed by atoms with Crippen LogP contribution in [0.3, 0.4) is 0 Å². The van der Waals surface area contributed by atoms with E-state index in [1.165, 1.54) is 0 Å². The molecule has 0 spiro atoms. The van der Waals surface area contributed by atoms with Gasteiger partial charge in [-0.2, -0.15) is 0 Å². The van der Waals surface area contributed by atoms with Crippen molar-refractivity contribution < 1.29 is 4.57 Å². The summed E-state index contributed by atoms with van der Waals surface area (Å²) in [4.78, 5) is 0. The number of hydrogen-bond donors (Lipinski definition) is 0.